The molecule has 3 heteroatoms. The normalized spacial score (nSPS) is 14.7. The van der Waals surface area contributed by atoms with Gasteiger partial charge < -0.3 is 5.73 Å². The van der Waals surface area contributed by atoms with Crippen LogP contribution in [-0.4, -0.2) is 5.84 Å². The number of hydrogen-bond acceptors (Lipinski definition) is 2. The zero-order chi connectivity index (χ0) is 9.26. The van der Waals surface area contributed by atoms with Crippen molar-refractivity contribution in [2.75, 3.05) is 0 Å². The molecule has 0 aromatic heterocycles. The van der Waals surface area contributed by atoms with Crippen molar-refractivity contribution in [2.24, 2.45) is 10.7 Å². The van der Waals surface area contributed by atoms with Crippen LogP contribution in [0.2, 0.25) is 0 Å². The summed E-state index contributed by atoms with van der Waals surface area (Å²) in [5.41, 5.74) is 7.73. The summed E-state index contributed by atoms with van der Waals surface area (Å²) < 4.78 is 1.03. The fourth-order valence-electron chi connectivity index (χ4n) is 1.26. The molecule has 1 aromatic rings. The van der Waals surface area contributed by atoms with Crippen molar-refractivity contribution in [3.05, 3.63) is 34.3 Å². The number of halogens is 1. The molecule has 0 saturated carbocycles. The summed E-state index contributed by atoms with van der Waals surface area (Å²) in [7, 11) is 0. The Balaban J connectivity index is 2.59. The van der Waals surface area contributed by atoms with Gasteiger partial charge in [0.05, 0.1) is 5.69 Å². The summed E-state index contributed by atoms with van der Waals surface area (Å²) in [6.45, 7) is 0. The summed E-state index contributed by atoms with van der Waals surface area (Å²) in [6, 6.07) is 6.00. The van der Waals surface area contributed by atoms with Gasteiger partial charge in [-0.25, -0.2) is 4.99 Å². The molecule has 2 nitrogen and oxygen atoms in total. The summed E-state index contributed by atoms with van der Waals surface area (Å²) >= 11 is 3.40. The first kappa shape index (κ1) is 8.51. The highest BCUT2D eigenvalue weighted by molar-refractivity contribution is 9.10. The highest BCUT2D eigenvalue weighted by atomic mass is 79.9. The van der Waals surface area contributed by atoms with E-state index in [2.05, 4.69) is 20.9 Å². The maximum Gasteiger partial charge on any atom is 0.103 e. The standard InChI is InChI=1S/C10H9BrN2/c11-8-5-4-7-2-1-3-10(12)13-9(7)6-8/h1-2,4-6H,3H2,(H2,12,13). The number of hydrogen-bond donors (Lipinski definition) is 1. The Kier molecular flexibility index (Phi) is 2.19. The van der Waals surface area contributed by atoms with E-state index in [1.165, 1.54) is 0 Å². The van der Waals surface area contributed by atoms with Crippen molar-refractivity contribution >= 4 is 33.5 Å². The van der Waals surface area contributed by atoms with E-state index in [0.29, 0.717) is 5.84 Å². The second-order valence-corrected chi connectivity index (χ2v) is 3.83. The summed E-state index contributed by atoms with van der Waals surface area (Å²) in [4.78, 5) is 4.30. The number of benzene rings is 1. The molecule has 0 bridgehead atoms. The average molecular weight is 237 g/mol. The smallest absolute Gasteiger partial charge is 0.103 e. The van der Waals surface area contributed by atoms with Gasteiger partial charge in [-0.15, -0.1) is 0 Å². The van der Waals surface area contributed by atoms with Gasteiger partial charge in [-0.1, -0.05) is 34.1 Å². The lowest BCUT2D eigenvalue weighted by atomic mass is 10.2. The molecular formula is C10H9BrN2. The molecule has 0 spiro atoms. The Morgan fingerprint density at radius 2 is 2.23 bits per heavy atom. The third kappa shape index (κ3) is 1.80. The average Bonchev–Trinajstić information content (AvgIpc) is 2.25. The second kappa shape index (κ2) is 3.34. The van der Waals surface area contributed by atoms with Crippen molar-refractivity contribution < 1.29 is 0 Å². The molecule has 0 aliphatic carbocycles. The van der Waals surface area contributed by atoms with Crippen LogP contribution in [0.1, 0.15) is 12.0 Å². The van der Waals surface area contributed by atoms with Crippen molar-refractivity contribution in [1.82, 2.24) is 0 Å². The van der Waals surface area contributed by atoms with E-state index in [9.17, 15) is 0 Å². The maximum atomic E-state index is 5.68. The van der Waals surface area contributed by atoms with E-state index < -0.39 is 0 Å². The Hall–Kier alpha value is -1.09. The number of nitrogens with two attached hydrogens (primary N) is 1. The highest BCUT2D eigenvalue weighted by Gasteiger charge is 2.03. The minimum atomic E-state index is 0.660. The third-order valence-electron chi connectivity index (χ3n) is 1.88. The Labute approximate surface area is 85.3 Å². The Morgan fingerprint density at radius 3 is 3.08 bits per heavy atom. The zero-order valence-corrected chi connectivity index (χ0v) is 8.58. The highest BCUT2D eigenvalue weighted by Crippen LogP contribution is 2.27. The Morgan fingerprint density at radius 1 is 1.38 bits per heavy atom. The first-order valence-electron chi connectivity index (χ1n) is 4.05. The van der Waals surface area contributed by atoms with Gasteiger partial charge in [-0.05, 0) is 17.7 Å². The number of amidine groups is 1. The van der Waals surface area contributed by atoms with Crippen LogP contribution >= 0.6 is 15.9 Å². The van der Waals surface area contributed by atoms with Gasteiger partial charge in [0.25, 0.3) is 0 Å². The van der Waals surface area contributed by atoms with Crippen molar-refractivity contribution in [3.8, 4) is 0 Å². The molecule has 0 unspecified atom stereocenters. The molecule has 1 aliphatic rings. The van der Waals surface area contributed by atoms with E-state index in [0.717, 1.165) is 22.1 Å². The predicted octanol–water partition coefficient (Wildman–Crippen LogP) is 2.85. The number of aliphatic imine (C=N–C) groups is 1. The molecule has 2 N–H and O–H groups in total. The van der Waals surface area contributed by atoms with Gasteiger partial charge in [0, 0.05) is 10.9 Å². The number of rotatable bonds is 0. The van der Waals surface area contributed by atoms with Crippen molar-refractivity contribution in [2.45, 2.75) is 6.42 Å². The number of nitrogens with zero attached hydrogens (tertiary/aromatic N) is 1. The second-order valence-electron chi connectivity index (χ2n) is 2.91. The van der Waals surface area contributed by atoms with Gasteiger partial charge in [0.2, 0.25) is 0 Å². The maximum absolute atomic E-state index is 5.68. The third-order valence-corrected chi connectivity index (χ3v) is 2.37. The van der Waals surface area contributed by atoms with E-state index in [1.54, 1.807) is 0 Å². The quantitative estimate of drug-likeness (QED) is 0.740. The minimum absolute atomic E-state index is 0.660. The first-order chi connectivity index (χ1) is 6.25. The Bertz CT molecular complexity index is 394. The number of fused-ring (bicyclic) bond motifs is 1. The molecule has 66 valence electrons. The minimum Gasteiger partial charge on any atom is -0.387 e. The van der Waals surface area contributed by atoms with Gasteiger partial charge in [-0.2, -0.15) is 0 Å². The fraction of sp³-hybridized carbons (Fsp3) is 0.100. The summed E-state index contributed by atoms with van der Waals surface area (Å²) in [6.07, 6.45) is 4.80. The van der Waals surface area contributed by atoms with Crippen LogP contribution in [0, 0.1) is 0 Å². The van der Waals surface area contributed by atoms with E-state index in [4.69, 9.17) is 5.73 Å². The molecule has 0 saturated heterocycles. The molecule has 1 aromatic carbocycles. The molecule has 1 aliphatic heterocycles. The molecule has 0 atom stereocenters. The van der Waals surface area contributed by atoms with Crippen LogP contribution in [-0.2, 0) is 0 Å². The van der Waals surface area contributed by atoms with Gasteiger partial charge in [0.1, 0.15) is 5.84 Å². The van der Waals surface area contributed by atoms with Crippen LogP contribution in [0.4, 0.5) is 5.69 Å². The monoisotopic (exact) mass is 236 g/mol. The molecule has 1 heterocycles. The van der Waals surface area contributed by atoms with E-state index in [1.807, 2.05) is 30.4 Å². The lowest BCUT2D eigenvalue weighted by Gasteiger charge is -2.00. The molecule has 0 fully saturated rings. The lowest BCUT2D eigenvalue weighted by Crippen LogP contribution is -2.08. The van der Waals surface area contributed by atoms with Crippen LogP contribution in [0.3, 0.4) is 0 Å². The van der Waals surface area contributed by atoms with E-state index in [-0.39, 0.29) is 0 Å². The topological polar surface area (TPSA) is 38.4 Å². The molecule has 0 amide bonds. The fourth-order valence-corrected chi connectivity index (χ4v) is 1.61. The van der Waals surface area contributed by atoms with Gasteiger partial charge in [-0.3, -0.25) is 0 Å². The zero-order valence-electron chi connectivity index (χ0n) is 7.00. The van der Waals surface area contributed by atoms with Crippen LogP contribution in [0.15, 0.2) is 33.7 Å². The molecule has 13 heavy (non-hydrogen) atoms. The molecule has 0 radical (unpaired) electrons. The van der Waals surface area contributed by atoms with Crippen molar-refractivity contribution in [3.63, 3.8) is 0 Å². The van der Waals surface area contributed by atoms with Crippen LogP contribution in [0.5, 0.6) is 0 Å². The molecule has 2 rings (SSSR count). The largest absolute Gasteiger partial charge is 0.387 e. The predicted molar refractivity (Wildman–Crippen MR) is 59.1 cm³/mol. The van der Waals surface area contributed by atoms with Crippen molar-refractivity contribution in [1.29, 1.82) is 0 Å². The van der Waals surface area contributed by atoms with Gasteiger partial charge >= 0.3 is 0 Å². The summed E-state index contributed by atoms with van der Waals surface area (Å²) in [5, 5.41) is 0. The SMILES string of the molecule is NC1=Nc2cc(Br)ccc2C=CC1. The lowest BCUT2D eigenvalue weighted by molar-refractivity contribution is 1.37. The van der Waals surface area contributed by atoms with Crippen LogP contribution < -0.4 is 5.73 Å². The summed E-state index contributed by atoms with van der Waals surface area (Å²) in [5.74, 6) is 0.660. The first-order valence-corrected chi connectivity index (χ1v) is 4.84. The van der Waals surface area contributed by atoms with Gasteiger partial charge in [0.15, 0.2) is 0 Å². The van der Waals surface area contributed by atoms with Crippen LogP contribution in [0.25, 0.3) is 6.08 Å². The van der Waals surface area contributed by atoms with E-state index >= 15 is 0 Å². The molecular weight excluding hydrogens is 228 g/mol.